The maximum atomic E-state index is 12.8. The first-order valence-electron chi connectivity index (χ1n) is 12.0. The highest BCUT2D eigenvalue weighted by atomic mass is 16.5. The second-order valence-electron chi connectivity index (χ2n) is 8.42. The van der Waals surface area contributed by atoms with Crippen LogP contribution in [0, 0.1) is 11.8 Å². The highest BCUT2D eigenvalue weighted by Crippen LogP contribution is 2.13. The van der Waals surface area contributed by atoms with Crippen LogP contribution in [0.4, 0.5) is 0 Å². The van der Waals surface area contributed by atoms with Crippen molar-refractivity contribution < 1.29 is 29.0 Å². The number of ether oxygens (including phenoxy) is 2. The highest BCUT2D eigenvalue weighted by Gasteiger charge is 2.32. The molecule has 1 atom stereocenters. The van der Waals surface area contributed by atoms with Gasteiger partial charge in [-0.3, -0.25) is 19.3 Å². The van der Waals surface area contributed by atoms with Crippen LogP contribution in [0.25, 0.3) is 0 Å². The van der Waals surface area contributed by atoms with Crippen molar-refractivity contribution in [1.82, 2.24) is 9.80 Å². The van der Waals surface area contributed by atoms with Crippen molar-refractivity contribution in [3.05, 3.63) is 65.2 Å². The van der Waals surface area contributed by atoms with Gasteiger partial charge in [-0.25, -0.2) is 0 Å². The van der Waals surface area contributed by atoms with Crippen molar-refractivity contribution in [2.45, 2.75) is 19.4 Å². The molecule has 8 heteroatoms. The van der Waals surface area contributed by atoms with E-state index in [9.17, 15) is 19.5 Å². The van der Waals surface area contributed by atoms with E-state index in [2.05, 4.69) is 16.7 Å². The van der Waals surface area contributed by atoms with E-state index in [1.165, 1.54) is 7.05 Å². The third-order valence-corrected chi connectivity index (χ3v) is 5.94. The summed E-state index contributed by atoms with van der Waals surface area (Å²) in [6.45, 7) is 5.71. The summed E-state index contributed by atoms with van der Waals surface area (Å²) in [4.78, 5) is 40.3. The van der Waals surface area contributed by atoms with Gasteiger partial charge < -0.3 is 19.5 Å². The molecule has 0 radical (unpaired) electrons. The molecule has 1 heterocycles. The molecule has 1 aliphatic rings. The highest BCUT2D eigenvalue weighted by molar-refractivity contribution is 6.10. The summed E-state index contributed by atoms with van der Waals surface area (Å²) in [5, 5.41) is 9.18. The van der Waals surface area contributed by atoms with E-state index in [-0.39, 0.29) is 6.42 Å². The monoisotopic (exact) mass is 492 g/mol. The van der Waals surface area contributed by atoms with Crippen molar-refractivity contribution >= 4 is 17.5 Å². The zero-order chi connectivity index (χ0) is 25.9. The van der Waals surface area contributed by atoms with E-state index in [0.717, 1.165) is 49.1 Å². The Morgan fingerprint density at radius 3 is 2.14 bits per heavy atom. The molecule has 1 amide bonds. The second-order valence-corrected chi connectivity index (χ2v) is 8.42. The van der Waals surface area contributed by atoms with Crippen LogP contribution in [-0.2, 0) is 14.3 Å². The molecule has 0 saturated carbocycles. The van der Waals surface area contributed by atoms with Gasteiger partial charge in [0.25, 0.3) is 5.91 Å². The van der Waals surface area contributed by atoms with Gasteiger partial charge in [0.15, 0.2) is 17.6 Å². The molecule has 1 N–H and O–H groups in total. The van der Waals surface area contributed by atoms with Crippen LogP contribution >= 0.6 is 0 Å². The van der Waals surface area contributed by atoms with Crippen molar-refractivity contribution in [1.29, 1.82) is 0 Å². The predicted octanol–water partition coefficient (Wildman–Crippen LogP) is 1.78. The summed E-state index contributed by atoms with van der Waals surface area (Å²) in [6.07, 6.45) is 0.0874. The van der Waals surface area contributed by atoms with Crippen molar-refractivity contribution in [2.75, 3.05) is 53.1 Å². The Labute approximate surface area is 211 Å². The van der Waals surface area contributed by atoms with Crippen LogP contribution in [0.2, 0.25) is 0 Å². The Balaban J connectivity index is 1.56. The minimum Gasteiger partial charge on any atom is -0.492 e. The molecular weight excluding hydrogens is 460 g/mol. The number of benzene rings is 2. The number of morpholine rings is 1. The number of Topliss-reactive ketones (excluding diaryl/α,β-unsaturated/α-hetero) is 2. The number of ketones is 2. The van der Waals surface area contributed by atoms with E-state index in [0.29, 0.717) is 17.7 Å². The number of amides is 1. The number of nitrogens with zero attached hydrogens (tertiary/aromatic N) is 2. The topological polar surface area (TPSA) is 96.4 Å². The molecule has 1 unspecified atom stereocenters. The number of carbonyl (C=O) groups excluding carboxylic acids is 3. The second kappa shape index (κ2) is 13.5. The molecule has 1 fully saturated rings. The lowest BCUT2D eigenvalue weighted by Gasteiger charge is -2.26. The van der Waals surface area contributed by atoms with Gasteiger partial charge in [-0.2, -0.15) is 0 Å². The Hall–Kier alpha value is -3.51. The molecule has 36 heavy (non-hydrogen) atoms. The Kier molecular flexibility index (Phi) is 10.2. The van der Waals surface area contributed by atoms with Gasteiger partial charge in [-0.15, -0.1) is 0 Å². The number of aliphatic hydroxyl groups is 1. The van der Waals surface area contributed by atoms with Crippen LogP contribution in [0.15, 0.2) is 48.5 Å². The van der Waals surface area contributed by atoms with E-state index in [1.807, 2.05) is 24.3 Å². The van der Waals surface area contributed by atoms with E-state index in [1.54, 1.807) is 31.2 Å². The smallest absolute Gasteiger partial charge is 0.254 e. The number of hydrogen-bond acceptors (Lipinski definition) is 7. The summed E-state index contributed by atoms with van der Waals surface area (Å²) < 4.78 is 11.2. The summed E-state index contributed by atoms with van der Waals surface area (Å²) in [6, 6.07) is 12.9. The molecule has 190 valence electrons. The molecule has 3 rings (SSSR count). The maximum absolute atomic E-state index is 12.8. The minimum absolute atomic E-state index is 0.0874. The van der Waals surface area contributed by atoms with Crippen molar-refractivity contribution in [2.24, 2.45) is 0 Å². The molecule has 1 saturated heterocycles. The number of hydrogen-bond donors (Lipinski definition) is 1. The Morgan fingerprint density at radius 1 is 1.00 bits per heavy atom. The summed E-state index contributed by atoms with van der Waals surface area (Å²) >= 11 is 0. The summed E-state index contributed by atoms with van der Waals surface area (Å²) in [5.41, 5.74) is 1.87. The van der Waals surface area contributed by atoms with Gasteiger partial charge in [-0.1, -0.05) is 18.8 Å². The average Bonchev–Trinajstić information content (AvgIpc) is 2.92. The van der Waals surface area contributed by atoms with Crippen LogP contribution < -0.4 is 4.74 Å². The SMILES string of the molecule is CCC(=O)C(C(=O)CO)N(C)C(=O)c1ccc(C#Cc2ccc(OCCN3CCOCC3)cc2)cc1. The number of carbonyl (C=O) groups is 3. The van der Waals surface area contributed by atoms with Gasteiger partial charge in [0.1, 0.15) is 19.0 Å². The lowest BCUT2D eigenvalue weighted by molar-refractivity contribution is -0.134. The third kappa shape index (κ3) is 7.49. The van der Waals surface area contributed by atoms with Gasteiger partial charge in [0.2, 0.25) is 0 Å². The van der Waals surface area contributed by atoms with E-state index in [4.69, 9.17) is 9.47 Å². The standard InChI is InChI=1S/C28H32N2O6/c1-3-25(32)27(26(33)20-31)29(2)28(34)23-10-6-21(7-11-23)4-5-22-8-12-24(13-9-22)36-19-16-30-14-17-35-18-15-30/h6-13,27,31H,3,14-20H2,1-2H3. The largest absolute Gasteiger partial charge is 0.492 e. The fourth-order valence-corrected chi connectivity index (χ4v) is 3.80. The Bertz CT molecular complexity index is 1080. The third-order valence-electron chi connectivity index (χ3n) is 5.94. The molecule has 2 aromatic carbocycles. The van der Waals surface area contributed by atoms with Crippen LogP contribution in [0.1, 0.15) is 34.8 Å². The zero-order valence-corrected chi connectivity index (χ0v) is 20.7. The first-order chi connectivity index (χ1) is 17.4. The molecule has 0 bridgehead atoms. The van der Waals surface area contributed by atoms with E-state index >= 15 is 0 Å². The summed E-state index contributed by atoms with van der Waals surface area (Å²) in [7, 11) is 1.39. The maximum Gasteiger partial charge on any atom is 0.254 e. The van der Waals surface area contributed by atoms with Gasteiger partial charge in [-0.05, 0) is 48.5 Å². The van der Waals surface area contributed by atoms with Crippen LogP contribution in [0.5, 0.6) is 5.75 Å². The van der Waals surface area contributed by atoms with Gasteiger partial charge in [0, 0.05) is 49.8 Å². The van der Waals surface area contributed by atoms with Crippen LogP contribution in [-0.4, -0.2) is 91.5 Å². The van der Waals surface area contributed by atoms with Gasteiger partial charge >= 0.3 is 0 Å². The average molecular weight is 493 g/mol. The molecule has 8 nitrogen and oxygen atoms in total. The van der Waals surface area contributed by atoms with Gasteiger partial charge in [0.05, 0.1) is 13.2 Å². The van der Waals surface area contributed by atoms with Crippen molar-refractivity contribution in [3.8, 4) is 17.6 Å². The van der Waals surface area contributed by atoms with Crippen LogP contribution in [0.3, 0.4) is 0 Å². The quantitative estimate of drug-likeness (QED) is 0.399. The molecule has 1 aliphatic heterocycles. The number of rotatable bonds is 10. The molecule has 0 aromatic heterocycles. The summed E-state index contributed by atoms with van der Waals surface area (Å²) in [5.74, 6) is 5.35. The fraction of sp³-hybridized carbons (Fsp3) is 0.393. The first-order valence-corrected chi connectivity index (χ1v) is 12.0. The lowest BCUT2D eigenvalue weighted by Crippen LogP contribution is -2.48. The zero-order valence-electron chi connectivity index (χ0n) is 20.7. The Morgan fingerprint density at radius 2 is 1.58 bits per heavy atom. The molecule has 0 aliphatic carbocycles. The molecular formula is C28H32N2O6. The normalized spacial score (nSPS) is 14.3. The molecule has 2 aromatic rings. The number of aliphatic hydroxyl groups excluding tert-OH is 1. The predicted molar refractivity (Wildman–Crippen MR) is 135 cm³/mol. The first kappa shape index (κ1) is 27.1. The number of likely N-dealkylation sites (N-methyl/N-ethyl adjacent to an activating group) is 1. The minimum atomic E-state index is -1.29. The fourth-order valence-electron chi connectivity index (χ4n) is 3.80. The van der Waals surface area contributed by atoms with E-state index < -0.39 is 30.1 Å². The van der Waals surface area contributed by atoms with Crippen molar-refractivity contribution in [3.63, 3.8) is 0 Å². The molecule has 0 spiro atoms. The lowest BCUT2D eigenvalue weighted by atomic mass is 10.0.